The highest BCUT2D eigenvalue weighted by atomic mass is 16.4. The first-order valence-corrected chi connectivity index (χ1v) is 12.1. The van der Waals surface area contributed by atoms with E-state index in [-0.39, 0.29) is 32.7 Å². The molecule has 0 amide bonds. The van der Waals surface area contributed by atoms with E-state index in [2.05, 4.69) is 8.83 Å². The Balaban J connectivity index is 0.000000177. The molecule has 0 unspecified atom stereocenters. The van der Waals surface area contributed by atoms with E-state index in [1.54, 1.807) is 0 Å². The highest BCUT2D eigenvalue weighted by molar-refractivity contribution is 6.05. The van der Waals surface area contributed by atoms with Gasteiger partial charge in [0.2, 0.25) is 0 Å². The summed E-state index contributed by atoms with van der Waals surface area (Å²) >= 11 is 0. The van der Waals surface area contributed by atoms with Gasteiger partial charge in [0.05, 0.1) is 43.8 Å². The number of carbonyl (C=O) groups is 4. The second-order valence-corrected chi connectivity index (χ2v) is 9.24. The minimum absolute atomic E-state index is 0.153. The van der Waals surface area contributed by atoms with Gasteiger partial charge in [-0.3, -0.25) is 0 Å². The van der Waals surface area contributed by atoms with Crippen molar-refractivity contribution in [3.05, 3.63) is 125 Å². The Labute approximate surface area is 240 Å². The summed E-state index contributed by atoms with van der Waals surface area (Å²) in [7, 11) is 0. The van der Waals surface area contributed by atoms with E-state index in [9.17, 15) is 38.4 Å². The maximum atomic E-state index is 11.5. The maximum absolute atomic E-state index is 11.5. The van der Waals surface area contributed by atoms with Crippen molar-refractivity contribution in [3.63, 3.8) is 0 Å². The topological polar surface area (TPSA) is 244 Å². The predicted octanol–water partition coefficient (Wildman–Crippen LogP) is 2.80. The molecular formula is C30H14O14. The van der Waals surface area contributed by atoms with Crippen molar-refractivity contribution in [3.8, 4) is 11.1 Å². The Bertz CT molecular complexity index is 2180. The molecule has 0 fully saturated rings. The van der Waals surface area contributed by atoms with E-state index in [1.807, 2.05) is 0 Å². The summed E-state index contributed by atoms with van der Waals surface area (Å²) in [4.78, 5) is 90.4. The molecule has 0 spiro atoms. The molecule has 0 aliphatic rings. The molecule has 4 aromatic carbocycles. The fourth-order valence-electron chi connectivity index (χ4n) is 4.59. The lowest BCUT2D eigenvalue weighted by Gasteiger charge is -2.09. The van der Waals surface area contributed by atoms with E-state index < -0.39 is 68.6 Å². The average Bonchev–Trinajstić information content (AvgIpc) is 3.41. The third-order valence-corrected chi connectivity index (χ3v) is 6.66. The van der Waals surface area contributed by atoms with Crippen LogP contribution in [0.4, 0.5) is 0 Å². The van der Waals surface area contributed by atoms with Crippen LogP contribution in [-0.4, -0.2) is 44.3 Å². The van der Waals surface area contributed by atoms with E-state index >= 15 is 0 Å². The third kappa shape index (κ3) is 4.98. The summed E-state index contributed by atoms with van der Waals surface area (Å²) in [5, 5.41) is 37.9. The van der Waals surface area contributed by atoms with Crippen molar-refractivity contribution < 1.29 is 48.4 Å². The van der Waals surface area contributed by atoms with Gasteiger partial charge >= 0.3 is 46.4 Å². The van der Waals surface area contributed by atoms with Gasteiger partial charge in [0.25, 0.3) is 0 Å². The van der Waals surface area contributed by atoms with Crippen molar-refractivity contribution in [1.82, 2.24) is 0 Å². The molecule has 0 saturated carbocycles. The summed E-state index contributed by atoms with van der Waals surface area (Å²) in [5.74, 6) is -5.72. The Morgan fingerprint density at radius 3 is 0.932 bits per heavy atom. The van der Waals surface area contributed by atoms with E-state index in [0.717, 1.165) is 24.3 Å². The summed E-state index contributed by atoms with van der Waals surface area (Å²) in [5.41, 5.74) is -4.11. The molecule has 0 atom stereocenters. The monoisotopic (exact) mass is 598 g/mol. The molecule has 218 valence electrons. The van der Waals surface area contributed by atoms with Crippen LogP contribution in [0.3, 0.4) is 0 Å². The van der Waals surface area contributed by atoms with Gasteiger partial charge in [-0.2, -0.15) is 0 Å². The lowest BCUT2D eigenvalue weighted by atomic mass is 9.96. The van der Waals surface area contributed by atoms with Crippen LogP contribution in [0.25, 0.3) is 43.4 Å². The molecule has 0 aliphatic carbocycles. The molecule has 0 radical (unpaired) electrons. The number of rotatable bonds is 5. The molecule has 14 nitrogen and oxygen atoms in total. The molecule has 0 saturated heterocycles. The van der Waals surface area contributed by atoms with E-state index in [0.29, 0.717) is 10.8 Å². The molecule has 4 N–H and O–H groups in total. The molecule has 14 heteroatoms. The fraction of sp³-hybridized carbons (Fsp3) is 0. The summed E-state index contributed by atoms with van der Waals surface area (Å²) in [6, 6.07) is 12.9. The summed E-state index contributed by atoms with van der Waals surface area (Å²) in [6.07, 6.45) is 0. The predicted molar refractivity (Wildman–Crippen MR) is 151 cm³/mol. The molecule has 2 aromatic heterocycles. The average molecular weight is 598 g/mol. The van der Waals surface area contributed by atoms with Crippen molar-refractivity contribution >= 4 is 56.2 Å². The molecular weight excluding hydrogens is 584 g/mol. The Morgan fingerprint density at radius 2 is 0.682 bits per heavy atom. The van der Waals surface area contributed by atoms with Gasteiger partial charge in [-0.1, -0.05) is 12.1 Å². The molecule has 0 bridgehead atoms. The fourth-order valence-corrected chi connectivity index (χ4v) is 4.59. The van der Waals surface area contributed by atoms with Crippen molar-refractivity contribution in [1.29, 1.82) is 0 Å². The highest BCUT2D eigenvalue weighted by Crippen LogP contribution is 2.26. The third-order valence-electron chi connectivity index (χ3n) is 6.66. The Morgan fingerprint density at radius 1 is 0.409 bits per heavy atom. The van der Waals surface area contributed by atoms with Gasteiger partial charge in [0.15, 0.2) is 0 Å². The number of furan rings is 2. The van der Waals surface area contributed by atoms with Crippen LogP contribution in [0.2, 0.25) is 0 Å². The quantitative estimate of drug-likeness (QED) is 0.223. The standard InChI is InChI=1S/C16H10O8.C14H4O6/c17-13(18)9-3-1-7(5-11(9)15(21)22)8-2-4-10(14(19)20)12(6-8)16(23)24;15-11-7-1-5-2-9-10(14(18)20-13(9)17)4-6(5)3-8(7)12(16)19-11/h1-6H,(H,17,18)(H,19,20)(H,21,22)(H,23,24);1-4H. The lowest BCUT2D eigenvalue weighted by Crippen LogP contribution is -2.09. The number of benzene rings is 4. The minimum atomic E-state index is -1.45. The van der Waals surface area contributed by atoms with Gasteiger partial charge in [-0.05, 0) is 70.4 Å². The Hall–Kier alpha value is -6.70. The van der Waals surface area contributed by atoms with E-state index in [4.69, 9.17) is 20.4 Å². The van der Waals surface area contributed by atoms with Gasteiger partial charge in [0.1, 0.15) is 0 Å². The number of carboxylic acid groups (broad SMARTS) is 4. The normalized spacial score (nSPS) is 10.9. The van der Waals surface area contributed by atoms with Gasteiger partial charge in [-0.25, -0.2) is 38.4 Å². The van der Waals surface area contributed by atoms with Crippen molar-refractivity contribution in [2.75, 3.05) is 0 Å². The van der Waals surface area contributed by atoms with Crippen LogP contribution in [0, 0.1) is 0 Å². The van der Waals surface area contributed by atoms with Crippen molar-refractivity contribution in [2.45, 2.75) is 0 Å². The van der Waals surface area contributed by atoms with Crippen molar-refractivity contribution in [2.24, 2.45) is 0 Å². The maximum Gasteiger partial charge on any atom is 0.346 e. The first-order valence-electron chi connectivity index (χ1n) is 12.1. The second kappa shape index (κ2) is 10.6. The minimum Gasteiger partial charge on any atom is -0.478 e. The van der Waals surface area contributed by atoms with Crippen LogP contribution in [-0.2, 0) is 0 Å². The first-order chi connectivity index (χ1) is 20.8. The lowest BCUT2D eigenvalue weighted by molar-refractivity contribution is 0.0651. The number of hydrogen-bond donors (Lipinski definition) is 4. The second-order valence-electron chi connectivity index (χ2n) is 9.24. The highest BCUT2D eigenvalue weighted by Gasteiger charge is 2.20. The zero-order valence-electron chi connectivity index (χ0n) is 21.6. The number of fused-ring (bicyclic) bond motifs is 3. The van der Waals surface area contributed by atoms with Gasteiger partial charge in [0, 0.05) is 0 Å². The molecule has 6 aromatic rings. The number of carboxylic acids is 4. The van der Waals surface area contributed by atoms with Crippen LogP contribution in [0.5, 0.6) is 0 Å². The molecule has 2 heterocycles. The largest absolute Gasteiger partial charge is 0.478 e. The van der Waals surface area contributed by atoms with Crippen LogP contribution >= 0.6 is 0 Å². The summed E-state index contributed by atoms with van der Waals surface area (Å²) < 4.78 is 9.02. The molecule has 0 aliphatic heterocycles. The zero-order valence-corrected chi connectivity index (χ0v) is 21.6. The molecule has 6 rings (SSSR count). The van der Waals surface area contributed by atoms with Gasteiger partial charge < -0.3 is 29.3 Å². The SMILES string of the molecule is O=C(O)c1ccc(-c2ccc(C(=O)O)c(C(=O)O)c2)cc1C(=O)O.O=c1oc(=O)c2cc3cc4c(=O)oc(=O)c4cc3cc12. The summed E-state index contributed by atoms with van der Waals surface area (Å²) in [6.45, 7) is 0. The van der Waals surface area contributed by atoms with Crippen LogP contribution in [0.1, 0.15) is 41.4 Å². The van der Waals surface area contributed by atoms with Crippen LogP contribution in [0.15, 0.2) is 88.7 Å². The smallest absolute Gasteiger partial charge is 0.346 e. The zero-order chi connectivity index (χ0) is 32.0. The first kappa shape index (κ1) is 28.8. The number of hydrogen-bond acceptors (Lipinski definition) is 10. The van der Waals surface area contributed by atoms with Crippen LogP contribution < -0.4 is 22.5 Å². The van der Waals surface area contributed by atoms with E-state index in [1.165, 1.54) is 36.4 Å². The van der Waals surface area contributed by atoms with Gasteiger partial charge in [-0.15, -0.1) is 0 Å². The number of aromatic carboxylic acids is 4. The molecule has 44 heavy (non-hydrogen) atoms. The Kier molecular flexibility index (Phi) is 6.95.